The number of fused-ring (bicyclic) bond motifs is 1. The van der Waals surface area contributed by atoms with Crippen LogP contribution in [0.3, 0.4) is 0 Å². The SMILES string of the molecule is C[C@@H](F)c1nc(N)nc(N[C@H]2c3ccccc3CC[C@@H]2C)n1.S=S. The summed E-state index contributed by atoms with van der Waals surface area (Å²) in [6, 6.07) is 8.44. The van der Waals surface area contributed by atoms with Gasteiger partial charge in [0.25, 0.3) is 0 Å². The summed E-state index contributed by atoms with van der Waals surface area (Å²) in [4.78, 5) is 12.1. The number of alkyl halides is 1. The highest BCUT2D eigenvalue weighted by molar-refractivity contribution is 8.07. The van der Waals surface area contributed by atoms with E-state index in [0.717, 1.165) is 12.8 Å². The van der Waals surface area contributed by atoms with Crippen molar-refractivity contribution in [2.45, 2.75) is 38.9 Å². The molecule has 0 spiro atoms. The van der Waals surface area contributed by atoms with Crippen molar-refractivity contribution in [3.05, 3.63) is 41.2 Å². The first kappa shape index (κ1) is 18.5. The molecule has 1 aliphatic rings. The minimum atomic E-state index is -1.28. The lowest BCUT2D eigenvalue weighted by Crippen LogP contribution is -2.26. The number of nitrogen functional groups attached to an aromatic ring is 1. The molecule has 0 saturated carbocycles. The molecule has 3 N–H and O–H groups in total. The molecule has 24 heavy (non-hydrogen) atoms. The Morgan fingerprint density at radius 2 is 1.96 bits per heavy atom. The van der Waals surface area contributed by atoms with Gasteiger partial charge in [-0.15, -0.1) is 0 Å². The molecule has 0 fully saturated rings. The summed E-state index contributed by atoms with van der Waals surface area (Å²) in [6.07, 6.45) is 0.880. The standard InChI is InChI=1S/C16H20FN5.S2/c1-9-7-8-11-5-3-4-6-12(11)13(9)19-16-21-14(10(2)17)20-15(18)22-16;1-2/h3-6,9-10,13H,7-8H2,1-2H3,(H3,18,19,20,21,22);/t9-,10+,13+;/m0./s1. The van der Waals surface area contributed by atoms with Gasteiger partial charge < -0.3 is 11.1 Å². The average molecular weight is 366 g/mol. The number of halogens is 1. The summed E-state index contributed by atoms with van der Waals surface area (Å²) >= 11 is 7.33. The van der Waals surface area contributed by atoms with Gasteiger partial charge in [-0.25, -0.2) is 4.39 Å². The van der Waals surface area contributed by atoms with E-state index in [1.807, 2.05) is 6.07 Å². The third-order valence-corrected chi connectivity index (χ3v) is 4.14. The molecular weight excluding hydrogens is 345 g/mol. The highest BCUT2D eigenvalue weighted by atomic mass is 32.8. The number of rotatable bonds is 3. The molecule has 1 aromatic carbocycles. The summed E-state index contributed by atoms with van der Waals surface area (Å²) < 4.78 is 13.5. The Labute approximate surface area is 151 Å². The minimum absolute atomic E-state index is 0.0359. The van der Waals surface area contributed by atoms with Gasteiger partial charge in [0.15, 0.2) is 12.0 Å². The van der Waals surface area contributed by atoms with Crippen molar-refractivity contribution in [2.75, 3.05) is 11.1 Å². The molecule has 3 atom stereocenters. The Kier molecular flexibility index (Phi) is 6.44. The first-order valence-corrected chi connectivity index (χ1v) is 9.04. The minimum Gasteiger partial charge on any atom is -0.368 e. The molecule has 0 amide bonds. The molecule has 5 nitrogen and oxygen atoms in total. The van der Waals surface area contributed by atoms with Gasteiger partial charge in [-0.05, 0) is 36.8 Å². The van der Waals surface area contributed by atoms with Crippen LogP contribution in [0.5, 0.6) is 0 Å². The molecule has 2 aromatic rings. The topological polar surface area (TPSA) is 76.7 Å². The predicted molar refractivity (Wildman–Crippen MR) is 98.8 cm³/mol. The number of benzene rings is 1. The van der Waals surface area contributed by atoms with E-state index in [1.165, 1.54) is 18.1 Å². The van der Waals surface area contributed by atoms with Crippen molar-refractivity contribution < 1.29 is 4.39 Å². The van der Waals surface area contributed by atoms with Crippen LogP contribution in [0.2, 0.25) is 0 Å². The van der Waals surface area contributed by atoms with Gasteiger partial charge in [0, 0.05) is 22.4 Å². The second-order valence-corrected chi connectivity index (χ2v) is 5.83. The number of anilines is 2. The maximum atomic E-state index is 13.5. The van der Waals surface area contributed by atoms with Crippen molar-refractivity contribution in [1.82, 2.24) is 15.0 Å². The molecule has 3 rings (SSSR count). The van der Waals surface area contributed by atoms with Gasteiger partial charge in [-0.3, -0.25) is 0 Å². The second-order valence-electron chi connectivity index (χ2n) is 5.83. The molecule has 0 aliphatic heterocycles. The fourth-order valence-electron chi connectivity index (χ4n) is 2.93. The molecule has 128 valence electrons. The first-order chi connectivity index (χ1) is 11.5. The molecule has 1 aliphatic carbocycles. The number of aryl methyl sites for hydroxylation is 1. The molecule has 0 unspecified atom stereocenters. The fraction of sp³-hybridized carbons (Fsp3) is 0.438. The lowest BCUT2D eigenvalue weighted by molar-refractivity contribution is 0.356. The van der Waals surface area contributed by atoms with E-state index in [0.29, 0.717) is 11.9 Å². The van der Waals surface area contributed by atoms with Crippen molar-refractivity contribution in [2.24, 2.45) is 5.92 Å². The normalized spacial score (nSPS) is 20.3. The Balaban J connectivity index is 0.00000100. The summed E-state index contributed by atoms with van der Waals surface area (Å²) in [6.45, 7) is 3.58. The van der Waals surface area contributed by atoms with Crippen LogP contribution in [0.4, 0.5) is 16.3 Å². The molecule has 0 radical (unpaired) electrons. The third-order valence-electron chi connectivity index (χ3n) is 4.14. The van der Waals surface area contributed by atoms with Crippen molar-refractivity contribution >= 4 is 34.3 Å². The summed E-state index contributed by atoms with van der Waals surface area (Å²) in [5.41, 5.74) is 8.24. The summed E-state index contributed by atoms with van der Waals surface area (Å²) in [7, 11) is 0. The smallest absolute Gasteiger partial charge is 0.228 e. The molecular formula is C16H20FN5S2. The summed E-state index contributed by atoms with van der Waals surface area (Å²) in [5.74, 6) is 0.861. The van der Waals surface area contributed by atoms with Crippen LogP contribution >= 0.6 is 0 Å². The van der Waals surface area contributed by atoms with Crippen LogP contribution in [0, 0.1) is 5.92 Å². The Bertz CT molecular complexity index is 698. The molecule has 1 aromatic heterocycles. The lowest BCUT2D eigenvalue weighted by atomic mass is 9.81. The number of nitrogens with zero attached hydrogens (tertiary/aromatic N) is 3. The third kappa shape index (κ3) is 4.18. The van der Waals surface area contributed by atoms with Crippen LogP contribution in [-0.2, 0) is 28.8 Å². The quantitative estimate of drug-likeness (QED) is 0.865. The van der Waals surface area contributed by atoms with Gasteiger partial charge in [0.1, 0.15) is 0 Å². The zero-order valence-electron chi connectivity index (χ0n) is 13.6. The van der Waals surface area contributed by atoms with Crippen LogP contribution < -0.4 is 11.1 Å². The number of hydrogen-bond acceptors (Lipinski definition) is 7. The molecule has 0 bridgehead atoms. The Hall–Kier alpha value is -1.80. The van der Waals surface area contributed by atoms with Crippen molar-refractivity contribution in [3.8, 4) is 0 Å². The second kappa shape index (κ2) is 8.34. The molecule has 1 heterocycles. The Morgan fingerprint density at radius 3 is 2.67 bits per heavy atom. The highest BCUT2D eigenvalue weighted by Crippen LogP contribution is 2.36. The fourth-order valence-corrected chi connectivity index (χ4v) is 2.93. The van der Waals surface area contributed by atoms with E-state index in [1.54, 1.807) is 0 Å². The zero-order valence-corrected chi connectivity index (χ0v) is 15.2. The predicted octanol–water partition coefficient (Wildman–Crippen LogP) is 3.22. The van der Waals surface area contributed by atoms with Gasteiger partial charge in [-0.2, -0.15) is 15.0 Å². The highest BCUT2D eigenvalue weighted by Gasteiger charge is 2.27. The number of nitrogens with two attached hydrogens (primary N) is 1. The largest absolute Gasteiger partial charge is 0.368 e. The average Bonchev–Trinajstić information content (AvgIpc) is 2.59. The van der Waals surface area contributed by atoms with Gasteiger partial charge >= 0.3 is 0 Å². The van der Waals surface area contributed by atoms with Crippen molar-refractivity contribution in [1.29, 1.82) is 0 Å². The van der Waals surface area contributed by atoms with Gasteiger partial charge in [0.05, 0.1) is 6.04 Å². The lowest BCUT2D eigenvalue weighted by Gasteiger charge is -2.32. The number of nitrogens with one attached hydrogen (secondary N) is 1. The Morgan fingerprint density at radius 1 is 1.25 bits per heavy atom. The molecule has 8 heteroatoms. The van der Waals surface area contributed by atoms with E-state index in [2.05, 4.69) is 67.8 Å². The van der Waals surface area contributed by atoms with E-state index < -0.39 is 6.17 Å². The van der Waals surface area contributed by atoms with Gasteiger partial charge in [-0.1, -0.05) is 31.2 Å². The van der Waals surface area contributed by atoms with E-state index in [4.69, 9.17) is 5.73 Å². The number of hydrogen-bond donors (Lipinski definition) is 2. The van der Waals surface area contributed by atoms with Crippen LogP contribution in [0.15, 0.2) is 24.3 Å². The summed E-state index contributed by atoms with van der Waals surface area (Å²) in [5, 5.41) is 3.31. The van der Waals surface area contributed by atoms with Crippen LogP contribution in [-0.4, -0.2) is 15.0 Å². The van der Waals surface area contributed by atoms with E-state index in [-0.39, 0.29) is 17.8 Å². The maximum absolute atomic E-state index is 13.5. The molecule has 0 saturated heterocycles. The van der Waals surface area contributed by atoms with E-state index >= 15 is 0 Å². The van der Waals surface area contributed by atoms with Crippen LogP contribution in [0.25, 0.3) is 0 Å². The van der Waals surface area contributed by atoms with Crippen LogP contribution in [0.1, 0.15) is 49.4 Å². The van der Waals surface area contributed by atoms with E-state index in [9.17, 15) is 4.39 Å². The monoisotopic (exact) mass is 365 g/mol. The van der Waals surface area contributed by atoms with Gasteiger partial charge in [0.2, 0.25) is 11.9 Å². The first-order valence-electron chi connectivity index (χ1n) is 7.71. The zero-order chi connectivity index (χ0) is 17.7. The van der Waals surface area contributed by atoms with Crippen molar-refractivity contribution in [3.63, 3.8) is 0 Å². The maximum Gasteiger partial charge on any atom is 0.228 e. The number of aromatic nitrogens is 3.